The number of aromatic nitrogens is 3. The van der Waals surface area contributed by atoms with Crippen LogP contribution in [0.2, 0.25) is 0 Å². The predicted octanol–water partition coefficient (Wildman–Crippen LogP) is 4.65. The molecule has 0 spiro atoms. The maximum Gasteiger partial charge on any atom is 0.154 e. The molecule has 0 saturated heterocycles. The molecule has 2 bridgehead atoms. The monoisotopic (exact) mass is 426 g/mol. The van der Waals surface area contributed by atoms with Crippen molar-refractivity contribution >= 4 is 17.2 Å². The molecule has 0 atom stereocenters. The molecule has 170 valence electrons. The summed E-state index contributed by atoms with van der Waals surface area (Å²) in [5.74, 6) is 0.801. The molecule has 3 aliphatic rings. The smallest absolute Gasteiger partial charge is 0.154 e. The average Bonchev–Trinajstić information content (AvgIpc) is 3.18. The van der Waals surface area contributed by atoms with E-state index in [1.165, 1.54) is 0 Å². The Morgan fingerprint density at radius 2 is 1.84 bits per heavy atom. The molecular weight excluding hydrogens is 388 g/mol. The Hall–Kier alpha value is -2.41. The van der Waals surface area contributed by atoms with E-state index in [-0.39, 0.29) is 11.0 Å². The minimum Gasteiger partial charge on any atom is -0.402 e. The lowest BCUT2D eigenvalue weighted by molar-refractivity contribution is -0.115. The highest BCUT2D eigenvalue weighted by atomic mass is 16.3. The van der Waals surface area contributed by atoms with Crippen molar-refractivity contribution in [3.8, 4) is 0 Å². The highest BCUT2D eigenvalue weighted by molar-refractivity contribution is 6.05. The first kappa shape index (κ1) is 23.3. The van der Waals surface area contributed by atoms with Gasteiger partial charge in [0.1, 0.15) is 11.5 Å². The maximum absolute atomic E-state index is 10.7. The van der Waals surface area contributed by atoms with Gasteiger partial charge < -0.3 is 16.2 Å². The minimum absolute atomic E-state index is 0.0362. The van der Waals surface area contributed by atoms with Crippen molar-refractivity contribution < 1.29 is 5.11 Å². The number of nitrogens with zero attached hydrogens (tertiary/aromatic N) is 3. The lowest BCUT2D eigenvalue weighted by Gasteiger charge is -2.58. The van der Waals surface area contributed by atoms with Crippen LogP contribution in [0, 0.1) is 10.8 Å². The molecule has 2 heterocycles. The lowest BCUT2D eigenvalue weighted by Crippen LogP contribution is -2.57. The first-order valence-electron chi connectivity index (χ1n) is 11.6. The summed E-state index contributed by atoms with van der Waals surface area (Å²) in [6, 6.07) is 3.90. The van der Waals surface area contributed by atoms with E-state index < -0.39 is 5.60 Å². The molecule has 3 aliphatic carbocycles. The largest absolute Gasteiger partial charge is 0.402 e. The van der Waals surface area contributed by atoms with Crippen LogP contribution in [0.15, 0.2) is 30.1 Å². The van der Waals surface area contributed by atoms with Crippen LogP contribution in [-0.2, 0) is 0 Å². The molecule has 2 aromatic heterocycles. The van der Waals surface area contributed by atoms with E-state index in [1.807, 2.05) is 46.8 Å². The van der Waals surface area contributed by atoms with E-state index in [0.717, 1.165) is 44.3 Å². The van der Waals surface area contributed by atoms with Crippen molar-refractivity contribution in [1.82, 2.24) is 14.6 Å². The molecule has 5 rings (SSSR count). The fourth-order valence-corrected chi connectivity index (χ4v) is 5.05. The number of nitrogens with two attached hydrogens (primary N) is 1. The lowest BCUT2D eigenvalue weighted by atomic mass is 9.52. The highest BCUT2D eigenvalue weighted by Crippen LogP contribution is 2.57. The van der Waals surface area contributed by atoms with Gasteiger partial charge in [0.05, 0.1) is 17.5 Å². The van der Waals surface area contributed by atoms with E-state index >= 15 is 0 Å². The molecule has 0 unspecified atom stereocenters. The van der Waals surface area contributed by atoms with Gasteiger partial charge in [-0.2, -0.15) is 0 Å². The van der Waals surface area contributed by atoms with Gasteiger partial charge in [0.15, 0.2) is 5.65 Å². The number of aliphatic hydroxyl groups is 1. The summed E-state index contributed by atoms with van der Waals surface area (Å²) in [6.07, 6.45) is 10.3. The zero-order valence-corrected chi connectivity index (χ0v) is 19.6. The molecule has 31 heavy (non-hydrogen) atoms. The van der Waals surface area contributed by atoms with Crippen LogP contribution in [-0.4, -0.2) is 36.6 Å². The van der Waals surface area contributed by atoms with Crippen molar-refractivity contribution in [3.63, 3.8) is 0 Å². The molecular formula is C24H38N6O. The zero-order valence-electron chi connectivity index (χ0n) is 19.6. The van der Waals surface area contributed by atoms with Crippen molar-refractivity contribution in [2.75, 3.05) is 5.32 Å². The number of allylic oxidation sites excluding steroid dienone is 2. The summed E-state index contributed by atoms with van der Waals surface area (Å²) in [5, 5.41) is 27.5. The van der Waals surface area contributed by atoms with Gasteiger partial charge in [-0.15, -0.1) is 5.10 Å². The standard InChI is InChI=1S/C22H32N6O.C2H6/c1-4-15(23)13-16(24)17-14-25-19-6-5-18(27-28(17)19)26-22-10-7-21(8-11-22,9-12-22)20(2,3)29;1-2/h5-6,13-14,24,29H,4,7-12,23H2,1-3H3,(H,26,27);1-2H3/b15-13-,24-16?;. The Kier molecular flexibility index (Phi) is 6.46. The Morgan fingerprint density at radius 3 is 2.39 bits per heavy atom. The van der Waals surface area contributed by atoms with Gasteiger partial charge in [-0.25, -0.2) is 9.50 Å². The normalized spacial score (nSPS) is 25.8. The first-order chi connectivity index (χ1) is 14.7. The molecule has 3 saturated carbocycles. The molecule has 7 heteroatoms. The number of fused-ring (bicyclic) bond motifs is 4. The van der Waals surface area contributed by atoms with Gasteiger partial charge in [0.2, 0.25) is 0 Å². The van der Waals surface area contributed by atoms with E-state index in [9.17, 15) is 5.11 Å². The van der Waals surface area contributed by atoms with Gasteiger partial charge in [-0.3, -0.25) is 5.41 Å². The second-order valence-electron chi connectivity index (χ2n) is 9.36. The average molecular weight is 427 g/mol. The Bertz CT molecular complexity index is 944. The minimum atomic E-state index is -0.628. The van der Waals surface area contributed by atoms with Crippen LogP contribution in [0.25, 0.3) is 5.65 Å². The third kappa shape index (κ3) is 4.33. The SMILES string of the molecule is CC.CC/C(N)=C/C(=N)c1cnc2ccc(NC34CCC(C(C)(C)O)(CC3)CC4)nn12. The highest BCUT2D eigenvalue weighted by Gasteiger charge is 2.54. The maximum atomic E-state index is 10.7. The van der Waals surface area contributed by atoms with E-state index in [0.29, 0.717) is 29.2 Å². The fraction of sp³-hybridized carbons (Fsp3) is 0.625. The third-order valence-corrected chi connectivity index (χ3v) is 7.31. The number of imidazole rings is 1. The van der Waals surface area contributed by atoms with Crippen LogP contribution in [0.1, 0.15) is 85.3 Å². The van der Waals surface area contributed by atoms with Gasteiger partial charge in [-0.1, -0.05) is 20.8 Å². The molecule has 0 aromatic carbocycles. The quantitative estimate of drug-likeness (QED) is 0.502. The summed E-state index contributed by atoms with van der Waals surface area (Å²) in [7, 11) is 0. The summed E-state index contributed by atoms with van der Waals surface area (Å²) < 4.78 is 1.72. The first-order valence-corrected chi connectivity index (χ1v) is 11.6. The number of hydrogen-bond donors (Lipinski definition) is 4. The van der Waals surface area contributed by atoms with E-state index in [4.69, 9.17) is 16.2 Å². The third-order valence-electron chi connectivity index (χ3n) is 7.31. The van der Waals surface area contributed by atoms with Crippen LogP contribution in [0.4, 0.5) is 5.82 Å². The second kappa shape index (κ2) is 8.61. The Labute approximate surface area is 185 Å². The summed E-state index contributed by atoms with van der Waals surface area (Å²) in [6.45, 7) is 9.89. The van der Waals surface area contributed by atoms with Crippen LogP contribution < -0.4 is 11.1 Å². The molecule has 0 amide bonds. The molecule has 7 nitrogen and oxygen atoms in total. The van der Waals surface area contributed by atoms with Gasteiger partial charge >= 0.3 is 0 Å². The zero-order chi connectivity index (χ0) is 22.9. The van der Waals surface area contributed by atoms with Gasteiger partial charge in [0.25, 0.3) is 0 Å². The number of rotatable bonds is 6. The predicted molar refractivity (Wildman–Crippen MR) is 127 cm³/mol. The fourth-order valence-electron chi connectivity index (χ4n) is 5.05. The topological polar surface area (TPSA) is 112 Å². The summed E-state index contributed by atoms with van der Waals surface area (Å²) in [5.41, 5.74) is 7.67. The van der Waals surface area contributed by atoms with Crippen molar-refractivity contribution in [1.29, 1.82) is 5.41 Å². The van der Waals surface area contributed by atoms with Crippen molar-refractivity contribution in [2.45, 2.75) is 90.7 Å². The van der Waals surface area contributed by atoms with Crippen molar-refractivity contribution in [3.05, 3.63) is 35.8 Å². The number of hydrogen-bond acceptors (Lipinski definition) is 6. The summed E-state index contributed by atoms with van der Waals surface area (Å²) in [4.78, 5) is 4.38. The van der Waals surface area contributed by atoms with Crippen LogP contribution >= 0.6 is 0 Å². The Balaban J connectivity index is 0.00000132. The van der Waals surface area contributed by atoms with Gasteiger partial charge in [0, 0.05) is 11.2 Å². The van der Waals surface area contributed by atoms with E-state index in [2.05, 4.69) is 10.3 Å². The molecule has 3 fully saturated rings. The number of nitrogens with one attached hydrogen (secondary N) is 2. The Morgan fingerprint density at radius 1 is 1.23 bits per heavy atom. The summed E-state index contributed by atoms with van der Waals surface area (Å²) >= 11 is 0. The van der Waals surface area contributed by atoms with Crippen LogP contribution in [0.3, 0.4) is 0 Å². The second-order valence-corrected chi connectivity index (χ2v) is 9.36. The van der Waals surface area contributed by atoms with Crippen LogP contribution in [0.5, 0.6) is 0 Å². The molecule has 0 radical (unpaired) electrons. The van der Waals surface area contributed by atoms with Gasteiger partial charge in [-0.05, 0) is 82.4 Å². The van der Waals surface area contributed by atoms with E-state index in [1.54, 1.807) is 16.8 Å². The molecule has 2 aromatic rings. The molecule has 0 aliphatic heterocycles. The number of anilines is 1. The molecule has 5 N–H and O–H groups in total. The van der Waals surface area contributed by atoms with Crippen molar-refractivity contribution in [2.24, 2.45) is 11.1 Å².